The van der Waals surface area contributed by atoms with Crippen LogP contribution in [-0.4, -0.2) is 0 Å². The van der Waals surface area contributed by atoms with Gasteiger partial charge in [-0.15, -0.1) is 0 Å². The smallest absolute Gasteiger partial charge is 0.0720 e. The maximum atomic E-state index is 2.58. The van der Waals surface area contributed by atoms with Crippen LogP contribution in [0.2, 0.25) is 0 Å². The molecule has 0 aliphatic heterocycles. The van der Waals surface area contributed by atoms with Crippen LogP contribution >= 0.6 is 0 Å². The molecule has 0 aromatic heterocycles. The summed E-state index contributed by atoms with van der Waals surface area (Å²) in [5, 5.41) is 4.87. The number of rotatable bonds is 8. The molecule has 84 heavy (non-hydrogen) atoms. The predicted molar refractivity (Wildman–Crippen MR) is 350 cm³/mol. The predicted octanol–water partition coefficient (Wildman–Crippen LogP) is 21.3. The van der Waals surface area contributed by atoms with E-state index in [-0.39, 0.29) is 0 Å². The summed E-state index contributed by atoms with van der Waals surface area (Å²) in [7, 11) is 0. The molecule has 0 radical (unpaired) electrons. The summed E-state index contributed by atoms with van der Waals surface area (Å²) in [4.78, 5) is 4.79. The van der Waals surface area contributed by atoms with Crippen LogP contribution in [-0.2, 0) is 10.8 Å². The molecule has 0 unspecified atom stereocenters. The topological polar surface area (TPSA) is 6.48 Å². The summed E-state index contributed by atoms with van der Waals surface area (Å²) in [6.45, 7) is 0. The molecule has 0 N–H and O–H groups in total. The maximum Gasteiger partial charge on any atom is 0.0720 e. The van der Waals surface area contributed by atoms with Crippen molar-refractivity contribution in [1.29, 1.82) is 0 Å². The van der Waals surface area contributed by atoms with Gasteiger partial charge in [0.25, 0.3) is 0 Å². The number of benzene rings is 14. The fraction of sp³-hybridized carbons (Fsp3) is 0.0244. The Morgan fingerprint density at radius 2 is 0.476 bits per heavy atom. The minimum Gasteiger partial charge on any atom is -0.310 e. The van der Waals surface area contributed by atoms with Crippen LogP contribution in [0.15, 0.2) is 328 Å². The van der Waals surface area contributed by atoms with E-state index in [1.807, 2.05) is 0 Å². The van der Waals surface area contributed by atoms with E-state index in [0.29, 0.717) is 0 Å². The van der Waals surface area contributed by atoms with Crippen molar-refractivity contribution in [2.24, 2.45) is 0 Å². The number of hydrogen-bond acceptors (Lipinski definition) is 2. The number of hydrogen-bond donors (Lipinski definition) is 0. The van der Waals surface area contributed by atoms with E-state index in [2.05, 4.69) is 337 Å². The van der Waals surface area contributed by atoms with Crippen LogP contribution in [0.3, 0.4) is 0 Å². The highest BCUT2D eigenvalue weighted by Crippen LogP contribution is 2.68. The van der Waals surface area contributed by atoms with E-state index >= 15 is 0 Å². The van der Waals surface area contributed by atoms with Crippen LogP contribution in [0.1, 0.15) is 44.5 Å². The SMILES string of the molecule is c1ccc(N(c2cccc(-c3ccc4c(c3)C3(c5ccccc5-c5ccccc53)c3ccc(-c5cccc(N(c6ccccc6)c6ccc7ccccc7c6)c5)cc3C43c4ccccc4-c4ccccc43)c2)c2ccc3ccccc3c2)cc1. The maximum absolute atomic E-state index is 2.58. The summed E-state index contributed by atoms with van der Waals surface area (Å²) in [6.07, 6.45) is 0. The first-order valence-corrected chi connectivity index (χ1v) is 29.2. The minimum absolute atomic E-state index is 0.676. The fourth-order valence-electron chi connectivity index (χ4n) is 15.0. The van der Waals surface area contributed by atoms with E-state index in [1.165, 1.54) is 99.4 Å². The van der Waals surface area contributed by atoms with Crippen LogP contribution in [0.4, 0.5) is 34.1 Å². The van der Waals surface area contributed by atoms with Crippen molar-refractivity contribution in [3.8, 4) is 44.5 Å². The van der Waals surface area contributed by atoms with Crippen molar-refractivity contribution in [1.82, 2.24) is 0 Å². The molecule has 2 spiro atoms. The highest BCUT2D eigenvalue weighted by molar-refractivity contribution is 5.97. The van der Waals surface area contributed by atoms with Crippen molar-refractivity contribution in [3.05, 3.63) is 372 Å². The van der Waals surface area contributed by atoms with E-state index in [0.717, 1.165) is 45.3 Å². The molecular weight excluding hydrogens is 1010 g/mol. The van der Waals surface area contributed by atoms with Gasteiger partial charge in [0, 0.05) is 34.1 Å². The Hall–Kier alpha value is -10.8. The normalized spacial score (nSPS) is 13.4. The average Bonchev–Trinajstić information content (AvgIpc) is 1.44. The van der Waals surface area contributed by atoms with Gasteiger partial charge in [-0.1, -0.05) is 243 Å². The summed E-state index contributed by atoms with van der Waals surface area (Å²) >= 11 is 0. The van der Waals surface area contributed by atoms with Crippen LogP contribution < -0.4 is 9.80 Å². The molecule has 14 aromatic carbocycles. The molecule has 0 amide bonds. The average molecular weight is 1070 g/mol. The van der Waals surface area contributed by atoms with Crippen molar-refractivity contribution >= 4 is 55.7 Å². The quantitative estimate of drug-likeness (QED) is 0.150. The third kappa shape index (κ3) is 7.04. The lowest BCUT2D eigenvalue weighted by Crippen LogP contribution is -2.43. The Bertz CT molecular complexity index is 4540. The Balaban J connectivity index is 0.913. The number of anilines is 6. The Kier molecular flexibility index (Phi) is 10.8. The summed E-state index contributed by atoms with van der Waals surface area (Å²) in [6, 6.07) is 123. The van der Waals surface area contributed by atoms with Crippen molar-refractivity contribution in [3.63, 3.8) is 0 Å². The molecule has 0 saturated carbocycles. The molecule has 3 aliphatic carbocycles. The number of nitrogens with zero attached hydrogens (tertiary/aromatic N) is 2. The second-order valence-corrected chi connectivity index (χ2v) is 22.7. The first kappa shape index (κ1) is 48.0. The van der Waals surface area contributed by atoms with Gasteiger partial charge in [0.1, 0.15) is 0 Å². The standard InChI is InChI=1S/C82H54N2/c1-3-27-63(28-4-1)83(67-45-41-55-21-7-9-23-57(55)49-67)65-31-19-25-59(51-65)61-43-47-77-79(53-61)81(73-37-15-11-33-69(73)70-34-12-16-38-74(70)81)78-48-44-62(54-80(78)82(77)75-39-17-13-35-71(75)72-36-14-18-40-76(72)82)60-26-20-32-66(52-60)84(64-29-5-2-6-30-64)68-46-42-56-22-8-10-24-58(56)50-68/h1-54H. The van der Waals surface area contributed by atoms with E-state index in [1.54, 1.807) is 0 Å². The zero-order valence-corrected chi connectivity index (χ0v) is 46.1. The lowest BCUT2D eigenvalue weighted by atomic mass is 9.52. The molecule has 3 aliphatic rings. The second-order valence-electron chi connectivity index (χ2n) is 22.7. The van der Waals surface area contributed by atoms with Gasteiger partial charge in [-0.25, -0.2) is 0 Å². The highest BCUT2D eigenvalue weighted by atomic mass is 15.1. The first-order chi connectivity index (χ1) is 41.6. The van der Waals surface area contributed by atoms with Crippen molar-refractivity contribution in [2.45, 2.75) is 10.8 Å². The fourth-order valence-corrected chi connectivity index (χ4v) is 15.0. The molecule has 0 saturated heterocycles. The van der Waals surface area contributed by atoms with Crippen molar-refractivity contribution in [2.75, 3.05) is 9.80 Å². The van der Waals surface area contributed by atoms with Crippen LogP contribution in [0.5, 0.6) is 0 Å². The lowest BCUT2D eigenvalue weighted by molar-refractivity contribution is 0.633. The largest absolute Gasteiger partial charge is 0.310 e. The molecule has 0 fully saturated rings. The number of para-hydroxylation sites is 2. The highest BCUT2D eigenvalue weighted by Gasteiger charge is 2.59. The molecule has 0 heterocycles. The summed E-state index contributed by atoms with van der Waals surface area (Å²) < 4.78 is 0. The van der Waals surface area contributed by atoms with E-state index in [4.69, 9.17) is 0 Å². The number of fused-ring (bicyclic) bond motifs is 18. The van der Waals surface area contributed by atoms with Crippen LogP contribution in [0, 0.1) is 0 Å². The molecule has 2 heteroatoms. The second kappa shape index (κ2) is 18.9. The minimum atomic E-state index is -0.676. The molecule has 17 rings (SSSR count). The Labute approximate surface area is 490 Å². The van der Waals surface area contributed by atoms with Gasteiger partial charge in [0.2, 0.25) is 0 Å². The van der Waals surface area contributed by atoms with E-state index in [9.17, 15) is 0 Å². The van der Waals surface area contributed by atoms with Gasteiger partial charge in [-0.3, -0.25) is 0 Å². The summed E-state index contributed by atoms with van der Waals surface area (Å²) in [5.41, 5.74) is 25.5. The van der Waals surface area contributed by atoms with E-state index < -0.39 is 10.8 Å². The third-order valence-corrected chi connectivity index (χ3v) is 18.4. The first-order valence-electron chi connectivity index (χ1n) is 29.2. The molecule has 2 nitrogen and oxygen atoms in total. The molecule has 0 bridgehead atoms. The summed E-state index contributed by atoms with van der Waals surface area (Å²) in [5.74, 6) is 0. The molecule has 392 valence electrons. The lowest BCUT2D eigenvalue weighted by Gasteiger charge is -2.49. The van der Waals surface area contributed by atoms with Gasteiger partial charge in [-0.05, 0) is 195 Å². The van der Waals surface area contributed by atoms with Gasteiger partial charge in [0.05, 0.1) is 10.8 Å². The molecular formula is C82H54N2. The van der Waals surface area contributed by atoms with Crippen molar-refractivity contribution < 1.29 is 0 Å². The molecule has 0 atom stereocenters. The van der Waals surface area contributed by atoms with Gasteiger partial charge < -0.3 is 9.80 Å². The Morgan fingerprint density at radius 3 is 0.869 bits per heavy atom. The zero-order chi connectivity index (χ0) is 55.3. The van der Waals surface area contributed by atoms with Crippen LogP contribution in [0.25, 0.3) is 66.1 Å². The molecule has 14 aromatic rings. The van der Waals surface area contributed by atoms with Gasteiger partial charge >= 0.3 is 0 Å². The van der Waals surface area contributed by atoms with Gasteiger partial charge in [-0.2, -0.15) is 0 Å². The zero-order valence-electron chi connectivity index (χ0n) is 46.1. The third-order valence-electron chi connectivity index (χ3n) is 18.4. The van der Waals surface area contributed by atoms with Gasteiger partial charge in [0.15, 0.2) is 0 Å². The Morgan fingerprint density at radius 1 is 0.167 bits per heavy atom. The monoisotopic (exact) mass is 1070 g/mol.